The molecule has 144 valence electrons. The third-order valence-electron chi connectivity index (χ3n) is 4.28. The smallest absolute Gasteiger partial charge is 0.141 e. The molecular weight excluding hydrogens is 414 g/mol. The number of nitriles is 1. The van der Waals surface area contributed by atoms with E-state index < -0.39 is 5.82 Å². The summed E-state index contributed by atoms with van der Waals surface area (Å²) in [6.45, 7) is 0.517. The summed E-state index contributed by atoms with van der Waals surface area (Å²) in [7, 11) is 0. The topological polar surface area (TPSA) is 89.4 Å². The average Bonchev–Trinajstić information content (AvgIpc) is 3.23. The minimum atomic E-state index is -0.523. The zero-order chi connectivity index (χ0) is 20.4. The summed E-state index contributed by atoms with van der Waals surface area (Å²) in [5, 5.41) is 23.8. The van der Waals surface area contributed by atoms with Crippen LogP contribution in [0.5, 0.6) is 0 Å². The van der Waals surface area contributed by atoms with E-state index in [1.807, 2.05) is 12.1 Å². The van der Waals surface area contributed by atoms with E-state index in [0.29, 0.717) is 39.4 Å². The Labute approximate surface area is 175 Å². The number of benzene rings is 2. The van der Waals surface area contributed by atoms with Gasteiger partial charge in [0.1, 0.15) is 11.9 Å². The van der Waals surface area contributed by atoms with Crippen LogP contribution in [0.3, 0.4) is 0 Å². The number of nitrogens with zero attached hydrogens (tertiary/aromatic N) is 3. The zero-order valence-corrected chi connectivity index (χ0v) is 16.3. The van der Waals surface area contributed by atoms with Crippen molar-refractivity contribution in [2.75, 3.05) is 10.6 Å². The van der Waals surface area contributed by atoms with Gasteiger partial charge in [0.25, 0.3) is 0 Å². The molecule has 2 heterocycles. The maximum Gasteiger partial charge on any atom is 0.141 e. The Hall–Kier alpha value is -3.34. The highest BCUT2D eigenvalue weighted by Gasteiger charge is 2.14. The van der Waals surface area contributed by atoms with Crippen LogP contribution in [0.2, 0.25) is 10.0 Å². The fraction of sp³-hybridized carbons (Fsp3) is 0.0500. The molecule has 6 nitrogen and oxygen atoms in total. The number of fused-ring (bicyclic) bond motifs is 1. The average molecular weight is 427 g/mol. The van der Waals surface area contributed by atoms with E-state index >= 15 is 0 Å². The van der Waals surface area contributed by atoms with E-state index in [2.05, 4.69) is 31.9 Å². The largest absolute Gasteiger partial charge is 0.379 e. The van der Waals surface area contributed by atoms with Crippen molar-refractivity contribution in [2.24, 2.45) is 0 Å². The summed E-state index contributed by atoms with van der Waals surface area (Å²) in [5.41, 5.74) is 3.55. The van der Waals surface area contributed by atoms with Crippen LogP contribution in [0.4, 0.5) is 21.5 Å². The second kappa shape index (κ2) is 7.95. The molecule has 0 bridgehead atoms. The van der Waals surface area contributed by atoms with Gasteiger partial charge >= 0.3 is 0 Å². The van der Waals surface area contributed by atoms with Gasteiger partial charge in [-0.15, -0.1) is 0 Å². The van der Waals surface area contributed by atoms with Crippen LogP contribution in [0, 0.1) is 17.1 Å². The number of nitrogens with one attached hydrogen (secondary N) is 3. The number of anilines is 3. The Kier molecular flexibility index (Phi) is 5.21. The Morgan fingerprint density at radius 2 is 1.93 bits per heavy atom. The Balaban J connectivity index is 1.78. The number of halogens is 3. The summed E-state index contributed by atoms with van der Waals surface area (Å²) >= 11 is 12.3. The molecule has 0 aliphatic carbocycles. The SMILES string of the molecule is N#Cc1cnc2c(Cl)cc(NCc3ccn[nH]3)cc2c1Nc1ccc(F)c(Cl)c1. The van der Waals surface area contributed by atoms with E-state index in [4.69, 9.17) is 23.2 Å². The van der Waals surface area contributed by atoms with Crippen molar-refractivity contribution in [3.63, 3.8) is 0 Å². The van der Waals surface area contributed by atoms with Gasteiger partial charge in [0, 0.05) is 29.2 Å². The minimum Gasteiger partial charge on any atom is -0.379 e. The second-order valence-electron chi connectivity index (χ2n) is 6.20. The second-order valence-corrected chi connectivity index (χ2v) is 7.02. The molecule has 0 spiro atoms. The van der Waals surface area contributed by atoms with Gasteiger partial charge in [0.05, 0.1) is 39.1 Å². The first-order valence-corrected chi connectivity index (χ1v) is 9.27. The van der Waals surface area contributed by atoms with Gasteiger partial charge in [-0.3, -0.25) is 10.1 Å². The molecule has 0 atom stereocenters. The number of aromatic amines is 1. The summed E-state index contributed by atoms with van der Waals surface area (Å²) in [6, 6.07) is 11.8. The number of rotatable bonds is 5. The van der Waals surface area contributed by atoms with Crippen LogP contribution in [0.1, 0.15) is 11.3 Å². The van der Waals surface area contributed by atoms with Crippen molar-refractivity contribution < 1.29 is 4.39 Å². The van der Waals surface area contributed by atoms with Crippen LogP contribution in [0.15, 0.2) is 48.8 Å². The molecule has 4 rings (SSSR count). The van der Waals surface area contributed by atoms with Gasteiger partial charge in [0.2, 0.25) is 0 Å². The van der Waals surface area contributed by atoms with Crippen LogP contribution in [0.25, 0.3) is 10.9 Å². The molecule has 0 amide bonds. The van der Waals surface area contributed by atoms with Crippen LogP contribution >= 0.6 is 23.2 Å². The van der Waals surface area contributed by atoms with Crippen molar-refractivity contribution in [1.29, 1.82) is 5.26 Å². The first kappa shape index (κ1) is 19.0. The molecule has 0 aliphatic heterocycles. The fourth-order valence-electron chi connectivity index (χ4n) is 2.88. The number of hydrogen-bond acceptors (Lipinski definition) is 5. The van der Waals surface area contributed by atoms with Gasteiger partial charge in [-0.25, -0.2) is 4.39 Å². The Bertz CT molecular complexity index is 1230. The molecule has 29 heavy (non-hydrogen) atoms. The lowest BCUT2D eigenvalue weighted by molar-refractivity contribution is 0.628. The summed E-state index contributed by atoms with van der Waals surface area (Å²) in [6.07, 6.45) is 3.11. The van der Waals surface area contributed by atoms with Gasteiger partial charge in [-0.05, 0) is 36.4 Å². The molecule has 3 N–H and O–H groups in total. The van der Waals surface area contributed by atoms with E-state index in [-0.39, 0.29) is 5.02 Å². The molecule has 4 aromatic rings. The maximum atomic E-state index is 13.5. The van der Waals surface area contributed by atoms with Gasteiger partial charge in [-0.1, -0.05) is 23.2 Å². The highest BCUT2D eigenvalue weighted by molar-refractivity contribution is 6.36. The lowest BCUT2D eigenvalue weighted by atomic mass is 10.1. The maximum absolute atomic E-state index is 13.5. The molecule has 0 aliphatic rings. The first-order valence-electron chi connectivity index (χ1n) is 8.51. The number of hydrogen-bond donors (Lipinski definition) is 3. The molecule has 0 saturated heterocycles. The van der Waals surface area contributed by atoms with Crippen molar-refractivity contribution in [1.82, 2.24) is 15.2 Å². The molecule has 0 radical (unpaired) electrons. The van der Waals surface area contributed by atoms with E-state index in [9.17, 15) is 9.65 Å². The normalized spacial score (nSPS) is 10.7. The standard InChI is InChI=1S/C20H13Cl2FN6/c21-16-6-12(1-2-18(16)23)28-19-11(8-24)9-26-20-15(19)5-14(7-17(20)22)25-10-13-3-4-27-29-13/h1-7,9,25H,10H2,(H,26,28)(H,27,29). The molecular formula is C20H13Cl2FN6. The van der Waals surface area contributed by atoms with Gasteiger partial charge in [0.15, 0.2) is 0 Å². The zero-order valence-electron chi connectivity index (χ0n) is 14.8. The van der Waals surface area contributed by atoms with E-state index in [0.717, 1.165) is 11.4 Å². The van der Waals surface area contributed by atoms with Gasteiger partial charge in [-0.2, -0.15) is 10.4 Å². The van der Waals surface area contributed by atoms with Crippen LogP contribution in [-0.4, -0.2) is 15.2 Å². The molecule has 0 saturated carbocycles. The lowest BCUT2D eigenvalue weighted by Gasteiger charge is -2.14. The molecule has 9 heteroatoms. The third-order valence-corrected chi connectivity index (χ3v) is 4.85. The molecule has 2 aromatic heterocycles. The summed E-state index contributed by atoms with van der Waals surface area (Å²) in [4.78, 5) is 4.31. The minimum absolute atomic E-state index is 0.0215. The summed E-state index contributed by atoms with van der Waals surface area (Å²) in [5.74, 6) is -0.523. The van der Waals surface area contributed by atoms with Gasteiger partial charge < -0.3 is 10.6 Å². The number of H-pyrrole nitrogens is 1. The molecule has 0 unspecified atom stereocenters. The van der Waals surface area contributed by atoms with Crippen molar-refractivity contribution in [3.8, 4) is 6.07 Å². The Morgan fingerprint density at radius 1 is 1.10 bits per heavy atom. The van der Waals surface area contributed by atoms with Crippen molar-refractivity contribution in [3.05, 3.63) is 75.9 Å². The van der Waals surface area contributed by atoms with Crippen LogP contribution in [-0.2, 0) is 6.54 Å². The quantitative estimate of drug-likeness (QED) is 0.384. The lowest BCUT2D eigenvalue weighted by Crippen LogP contribution is -2.02. The highest BCUT2D eigenvalue weighted by atomic mass is 35.5. The Morgan fingerprint density at radius 3 is 2.66 bits per heavy atom. The van der Waals surface area contributed by atoms with E-state index in [1.165, 1.54) is 24.4 Å². The predicted octanol–water partition coefficient (Wildman–Crippen LogP) is 5.63. The fourth-order valence-corrected chi connectivity index (χ4v) is 3.33. The predicted molar refractivity (Wildman–Crippen MR) is 112 cm³/mol. The van der Waals surface area contributed by atoms with Crippen molar-refractivity contribution >= 4 is 51.2 Å². The summed E-state index contributed by atoms with van der Waals surface area (Å²) < 4.78 is 13.5. The van der Waals surface area contributed by atoms with Crippen LogP contribution < -0.4 is 10.6 Å². The van der Waals surface area contributed by atoms with E-state index in [1.54, 1.807) is 12.3 Å². The monoisotopic (exact) mass is 426 g/mol. The molecule has 2 aromatic carbocycles. The molecule has 0 fully saturated rings. The van der Waals surface area contributed by atoms with Crippen molar-refractivity contribution in [2.45, 2.75) is 6.54 Å². The third kappa shape index (κ3) is 3.94. The number of pyridine rings is 1. The number of aromatic nitrogens is 3. The first-order chi connectivity index (χ1) is 14.0. The highest BCUT2D eigenvalue weighted by Crippen LogP contribution is 2.35.